The first-order chi connectivity index (χ1) is 10.5. The molecule has 0 aromatic heterocycles. The summed E-state index contributed by atoms with van der Waals surface area (Å²) >= 11 is 0. The van der Waals surface area contributed by atoms with Crippen LogP contribution in [0.25, 0.3) is 0 Å². The molecule has 0 atom stereocenters. The molecule has 5 nitrogen and oxygen atoms in total. The van der Waals surface area contributed by atoms with Crippen LogP contribution >= 0.6 is 24.0 Å². The van der Waals surface area contributed by atoms with Gasteiger partial charge in [0.05, 0.1) is 20.3 Å². The fourth-order valence-electron chi connectivity index (χ4n) is 2.02. The predicted molar refractivity (Wildman–Crippen MR) is 107 cm³/mol. The molecule has 0 saturated heterocycles. The molecule has 0 unspecified atom stereocenters. The summed E-state index contributed by atoms with van der Waals surface area (Å²) in [6.45, 7) is 9.37. The number of benzene rings is 1. The highest BCUT2D eigenvalue weighted by molar-refractivity contribution is 14.0. The van der Waals surface area contributed by atoms with E-state index in [1.165, 1.54) is 5.56 Å². The SMILES string of the molecule is CCNC(=NCC(C)(C)c1ccc(OC)cc1)NCCOC.I. The Kier molecular flexibility index (Phi) is 11.0. The van der Waals surface area contributed by atoms with Crippen molar-refractivity contribution in [3.05, 3.63) is 29.8 Å². The van der Waals surface area contributed by atoms with Gasteiger partial charge in [-0.3, -0.25) is 4.99 Å². The maximum Gasteiger partial charge on any atom is 0.191 e. The zero-order chi connectivity index (χ0) is 16.4. The van der Waals surface area contributed by atoms with Crippen molar-refractivity contribution in [2.24, 2.45) is 4.99 Å². The molecular weight excluding hydrogens is 405 g/mol. The van der Waals surface area contributed by atoms with Crippen molar-refractivity contribution in [2.45, 2.75) is 26.2 Å². The topological polar surface area (TPSA) is 54.9 Å². The molecule has 1 aromatic carbocycles. The quantitative estimate of drug-likeness (QED) is 0.286. The molecule has 0 aliphatic carbocycles. The average molecular weight is 435 g/mol. The lowest BCUT2D eigenvalue weighted by molar-refractivity contribution is 0.203. The van der Waals surface area contributed by atoms with E-state index >= 15 is 0 Å². The number of nitrogens with zero attached hydrogens (tertiary/aromatic N) is 1. The van der Waals surface area contributed by atoms with Crippen LogP contribution in [0.1, 0.15) is 26.3 Å². The summed E-state index contributed by atoms with van der Waals surface area (Å²) < 4.78 is 10.3. The molecule has 23 heavy (non-hydrogen) atoms. The first kappa shape index (κ1) is 22.0. The van der Waals surface area contributed by atoms with Crippen LogP contribution in [0, 0.1) is 0 Å². The molecule has 0 amide bonds. The number of halogens is 1. The van der Waals surface area contributed by atoms with Gasteiger partial charge in [-0.15, -0.1) is 24.0 Å². The van der Waals surface area contributed by atoms with E-state index in [9.17, 15) is 0 Å². The lowest BCUT2D eigenvalue weighted by atomic mass is 9.85. The van der Waals surface area contributed by atoms with Gasteiger partial charge in [0.15, 0.2) is 5.96 Å². The molecule has 0 aliphatic heterocycles. The van der Waals surface area contributed by atoms with E-state index in [1.807, 2.05) is 12.1 Å². The third-order valence-electron chi connectivity index (χ3n) is 3.45. The second-order valence-corrected chi connectivity index (χ2v) is 5.73. The normalized spacial score (nSPS) is 11.6. The monoisotopic (exact) mass is 435 g/mol. The van der Waals surface area contributed by atoms with Crippen LogP contribution in [-0.2, 0) is 10.2 Å². The van der Waals surface area contributed by atoms with Crippen LogP contribution < -0.4 is 15.4 Å². The zero-order valence-electron chi connectivity index (χ0n) is 14.8. The maximum absolute atomic E-state index is 5.21. The first-order valence-corrected chi connectivity index (χ1v) is 7.69. The Bertz CT molecular complexity index is 461. The summed E-state index contributed by atoms with van der Waals surface area (Å²) in [6, 6.07) is 8.17. The molecule has 132 valence electrons. The fraction of sp³-hybridized carbons (Fsp3) is 0.588. The Balaban J connectivity index is 0.00000484. The Morgan fingerprint density at radius 3 is 2.30 bits per heavy atom. The summed E-state index contributed by atoms with van der Waals surface area (Å²) in [7, 11) is 3.37. The van der Waals surface area contributed by atoms with Crippen LogP contribution in [0.5, 0.6) is 5.75 Å². The van der Waals surface area contributed by atoms with Crippen molar-refractivity contribution in [1.82, 2.24) is 10.6 Å². The van der Waals surface area contributed by atoms with Crippen LogP contribution in [0.3, 0.4) is 0 Å². The van der Waals surface area contributed by atoms with E-state index in [0.29, 0.717) is 13.2 Å². The standard InChI is InChI=1S/C17H29N3O2.HI/c1-6-18-16(19-11-12-21-4)20-13-17(2,3)14-7-9-15(22-5)10-8-14;/h7-10H,6,11-13H2,1-5H3,(H2,18,19,20);1H. The third-order valence-corrected chi connectivity index (χ3v) is 3.45. The lowest BCUT2D eigenvalue weighted by Crippen LogP contribution is -2.40. The number of hydrogen-bond acceptors (Lipinski definition) is 3. The predicted octanol–water partition coefficient (Wildman–Crippen LogP) is 2.79. The molecule has 0 radical (unpaired) electrons. The Labute approximate surface area is 157 Å². The van der Waals surface area contributed by atoms with Crippen LogP contribution in [0.15, 0.2) is 29.3 Å². The fourth-order valence-corrected chi connectivity index (χ4v) is 2.02. The van der Waals surface area contributed by atoms with Gasteiger partial charge in [0, 0.05) is 25.6 Å². The molecule has 0 bridgehead atoms. The van der Waals surface area contributed by atoms with Gasteiger partial charge in [-0.2, -0.15) is 0 Å². The Morgan fingerprint density at radius 2 is 1.78 bits per heavy atom. The Morgan fingerprint density at radius 1 is 1.13 bits per heavy atom. The van der Waals surface area contributed by atoms with Crippen LogP contribution in [0.4, 0.5) is 0 Å². The molecule has 0 fully saturated rings. The van der Waals surface area contributed by atoms with E-state index in [4.69, 9.17) is 9.47 Å². The van der Waals surface area contributed by atoms with Crippen molar-refractivity contribution in [3.8, 4) is 5.75 Å². The number of rotatable bonds is 8. The molecule has 0 spiro atoms. The van der Waals surface area contributed by atoms with Gasteiger partial charge < -0.3 is 20.1 Å². The maximum atomic E-state index is 5.21. The highest BCUT2D eigenvalue weighted by atomic mass is 127. The van der Waals surface area contributed by atoms with Gasteiger partial charge in [-0.25, -0.2) is 0 Å². The van der Waals surface area contributed by atoms with E-state index in [1.54, 1.807) is 14.2 Å². The minimum atomic E-state index is -0.0458. The molecule has 0 heterocycles. The van der Waals surface area contributed by atoms with Crippen LogP contribution in [-0.4, -0.2) is 46.4 Å². The molecule has 1 aromatic rings. The molecule has 1 rings (SSSR count). The van der Waals surface area contributed by atoms with Gasteiger partial charge >= 0.3 is 0 Å². The number of hydrogen-bond donors (Lipinski definition) is 2. The summed E-state index contributed by atoms with van der Waals surface area (Å²) in [6.07, 6.45) is 0. The lowest BCUT2D eigenvalue weighted by Gasteiger charge is -2.24. The summed E-state index contributed by atoms with van der Waals surface area (Å²) in [5.74, 6) is 1.69. The summed E-state index contributed by atoms with van der Waals surface area (Å²) in [5, 5.41) is 6.50. The van der Waals surface area contributed by atoms with Crippen molar-refractivity contribution < 1.29 is 9.47 Å². The third kappa shape index (κ3) is 7.87. The molecule has 6 heteroatoms. The largest absolute Gasteiger partial charge is 0.497 e. The van der Waals surface area contributed by atoms with Crippen LogP contribution in [0.2, 0.25) is 0 Å². The number of guanidine groups is 1. The van der Waals surface area contributed by atoms with E-state index in [-0.39, 0.29) is 29.4 Å². The van der Waals surface area contributed by atoms with Crippen molar-refractivity contribution in [3.63, 3.8) is 0 Å². The van der Waals surface area contributed by atoms with E-state index in [2.05, 4.69) is 48.5 Å². The minimum absolute atomic E-state index is 0. The van der Waals surface area contributed by atoms with Gasteiger partial charge in [-0.1, -0.05) is 26.0 Å². The number of ether oxygens (including phenoxy) is 2. The number of aliphatic imine (C=N–C) groups is 1. The second kappa shape index (κ2) is 11.5. The minimum Gasteiger partial charge on any atom is -0.497 e. The molecule has 0 aliphatic rings. The number of nitrogens with one attached hydrogen (secondary N) is 2. The highest BCUT2D eigenvalue weighted by Gasteiger charge is 2.20. The van der Waals surface area contributed by atoms with E-state index in [0.717, 1.165) is 24.8 Å². The summed E-state index contributed by atoms with van der Waals surface area (Å²) in [4.78, 5) is 4.68. The number of methoxy groups -OCH3 is 2. The van der Waals surface area contributed by atoms with Gasteiger partial charge in [0.25, 0.3) is 0 Å². The average Bonchev–Trinajstić information content (AvgIpc) is 2.53. The molecular formula is C17H30IN3O2. The van der Waals surface area contributed by atoms with Crippen molar-refractivity contribution >= 4 is 29.9 Å². The second-order valence-electron chi connectivity index (χ2n) is 5.73. The van der Waals surface area contributed by atoms with Gasteiger partial charge in [-0.05, 0) is 24.6 Å². The zero-order valence-corrected chi connectivity index (χ0v) is 17.1. The Hall–Kier alpha value is -1.02. The summed E-state index contributed by atoms with van der Waals surface area (Å²) in [5.41, 5.74) is 1.19. The molecule has 2 N–H and O–H groups in total. The first-order valence-electron chi connectivity index (χ1n) is 7.69. The van der Waals surface area contributed by atoms with Crippen molar-refractivity contribution in [1.29, 1.82) is 0 Å². The van der Waals surface area contributed by atoms with Gasteiger partial charge in [0.1, 0.15) is 5.75 Å². The van der Waals surface area contributed by atoms with Gasteiger partial charge in [0.2, 0.25) is 0 Å². The smallest absolute Gasteiger partial charge is 0.191 e. The molecule has 0 saturated carbocycles. The highest BCUT2D eigenvalue weighted by Crippen LogP contribution is 2.25. The van der Waals surface area contributed by atoms with E-state index < -0.39 is 0 Å². The van der Waals surface area contributed by atoms with Crippen molar-refractivity contribution in [2.75, 3.05) is 40.5 Å².